The summed E-state index contributed by atoms with van der Waals surface area (Å²) >= 11 is 0. The Kier molecular flexibility index (Phi) is 11.0. The molecule has 0 amide bonds. The lowest BCUT2D eigenvalue weighted by atomic mass is 10.1. The van der Waals surface area contributed by atoms with Crippen LogP contribution in [-0.4, -0.2) is 47.1 Å². The van der Waals surface area contributed by atoms with Gasteiger partial charge in [0.25, 0.3) is 0 Å². The van der Waals surface area contributed by atoms with Crippen molar-refractivity contribution in [3.05, 3.63) is 35.4 Å². The third-order valence-corrected chi connectivity index (χ3v) is 4.46. The first kappa shape index (κ1) is 23.8. The summed E-state index contributed by atoms with van der Waals surface area (Å²) in [6.07, 6.45) is 2.63. The van der Waals surface area contributed by atoms with Crippen molar-refractivity contribution in [3.63, 3.8) is 0 Å². The molecule has 1 unspecified atom stereocenters. The average molecular weight is 407 g/mol. The maximum atomic E-state index is 9.61. The fourth-order valence-electron chi connectivity index (χ4n) is 2.39. The highest BCUT2D eigenvalue weighted by molar-refractivity contribution is 7.49. The van der Waals surface area contributed by atoms with Crippen LogP contribution in [0.2, 0.25) is 0 Å². The lowest BCUT2D eigenvalue weighted by molar-refractivity contribution is 0.286. The zero-order valence-electron chi connectivity index (χ0n) is 16.7. The molecule has 0 saturated heterocycles. The Morgan fingerprint density at radius 2 is 2.00 bits per heavy atom. The van der Waals surface area contributed by atoms with Crippen LogP contribution in [0, 0.1) is 0 Å². The van der Waals surface area contributed by atoms with Gasteiger partial charge in [0.1, 0.15) is 5.69 Å². The first-order chi connectivity index (χ1) is 13.5. The minimum atomic E-state index is -0.964. The molecule has 0 saturated carbocycles. The maximum Gasteiger partial charge on any atom is 0.320 e. The molecule has 1 atom stereocenters. The molecule has 0 aliphatic rings. The number of hydrogen-bond acceptors (Lipinski definition) is 8. The number of aromatic nitrogens is 2. The van der Waals surface area contributed by atoms with Crippen molar-refractivity contribution in [2.75, 3.05) is 31.4 Å². The van der Waals surface area contributed by atoms with Crippen LogP contribution >= 0.6 is 8.15 Å². The Balaban J connectivity index is 0.00000190. The van der Waals surface area contributed by atoms with Crippen LogP contribution in [0.5, 0.6) is 6.01 Å². The summed E-state index contributed by atoms with van der Waals surface area (Å²) in [5.41, 5.74) is 8.54. The largest absolute Gasteiger partial charge is 0.463 e. The smallest absolute Gasteiger partial charge is 0.320 e. The number of aliphatic hydroxyl groups excluding tert-OH is 1. The van der Waals surface area contributed by atoms with Gasteiger partial charge in [-0.25, -0.2) is 0 Å². The van der Waals surface area contributed by atoms with Crippen molar-refractivity contribution >= 4 is 32.2 Å². The molecule has 2 rings (SSSR count). The maximum absolute atomic E-state index is 9.61. The van der Waals surface area contributed by atoms with Gasteiger partial charge in [0.15, 0.2) is 11.6 Å². The second kappa shape index (κ2) is 13.0. The Morgan fingerprint density at radius 1 is 1.29 bits per heavy atom. The molecule has 0 aliphatic carbocycles. The predicted molar refractivity (Wildman–Crippen MR) is 117 cm³/mol. The van der Waals surface area contributed by atoms with E-state index in [4.69, 9.17) is 15.6 Å². The van der Waals surface area contributed by atoms with Gasteiger partial charge in [-0.15, -0.1) is 0 Å². The van der Waals surface area contributed by atoms with Crippen molar-refractivity contribution in [2.24, 2.45) is 4.99 Å². The van der Waals surface area contributed by atoms with E-state index in [1.54, 1.807) is 0 Å². The van der Waals surface area contributed by atoms with E-state index < -0.39 is 8.15 Å². The van der Waals surface area contributed by atoms with E-state index >= 15 is 0 Å². The molecule has 2 aromatic rings. The number of benzene rings is 1. The fraction of sp³-hybridized carbons (Fsp3) is 0.421. The Bertz CT molecular complexity index is 744. The Labute approximate surface area is 167 Å². The standard InChI is InChI=1S/C18H26N5O2P.CH4O/c1-4-5-9-25-18-22-16(19)15(20-2)17(23-18)21-11-13-7-6-8-14(10-13)12-26(3)24;1-2/h6-8,10,24H,2,4-5,9,11-12H2,1,3H3,(H3,19,21,22,23);2H,1H3. The minimum Gasteiger partial charge on any atom is -0.463 e. The molecule has 8 nitrogen and oxygen atoms in total. The van der Waals surface area contributed by atoms with Crippen LogP contribution < -0.4 is 15.8 Å². The van der Waals surface area contributed by atoms with Gasteiger partial charge >= 0.3 is 6.01 Å². The molecule has 28 heavy (non-hydrogen) atoms. The van der Waals surface area contributed by atoms with Gasteiger partial charge in [-0.1, -0.05) is 37.6 Å². The number of anilines is 2. The van der Waals surface area contributed by atoms with Gasteiger partial charge in [0.2, 0.25) is 0 Å². The third kappa shape index (κ3) is 7.76. The van der Waals surface area contributed by atoms with E-state index in [1.165, 1.54) is 0 Å². The molecule has 1 aromatic heterocycles. The average Bonchev–Trinajstić information content (AvgIpc) is 2.68. The van der Waals surface area contributed by atoms with Crippen molar-refractivity contribution < 1.29 is 14.7 Å². The monoisotopic (exact) mass is 407 g/mol. The van der Waals surface area contributed by atoms with E-state index in [1.807, 2.05) is 24.9 Å². The number of ether oxygens (including phenoxy) is 1. The summed E-state index contributed by atoms with van der Waals surface area (Å²) in [4.78, 5) is 22.0. The van der Waals surface area contributed by atoms with Crippen molar-refractivity contribution in [3.8, 4) is 6.01 Å². The normalized spacial score (nSPS) is 11.2. The minimum absolute atomic E-state index is 0.231. The number of unbranched alkanes of at least 4 members (excludes halogenated alkanes) is 1. The molecular formula is C19H30N5O3P. The fourth-order valence-corrected chi connectivity index (χ4v) is 3.12. The molecule has 0 fully saturated rings. The summed E-state index contributed by atoms with van der Waals surface area (Å²) in [7, 11) is 0.0364. The van der Waals surface area contributed by atoms with Crippen LogP contribution in [-0.2, 0) is 12.7 Å². The summed E-state index contributed by atoms with van der Waals surface area (Å²) in [6.45, 7) is 8.55. The van der Waals surface area contributed by atoms with E-state index in [0.29, 0.717) is 30.8 Å². The Hall–Kier alpha value is -2.28. The highest BCUT2D eigenvalue weighted by atomic mass is 31.1. The van der Waals surface area contributed by atoms with Crippen LogP contribution in [0.4, 0.5) is 17.3 Å². The number of aliphatic hydroxyl groups is 1. The molecule has 5 N–H and O–H groups in total. The van der Waals surface area contributed by atoms with Crippen LogP contribution in [0.25, 0.3) is 0 Å². The number of rotatable bonds is 10. The lowest BCUT2D eigenvalue weighted by Crippen LogP contribution is -2.08. The number of aliphatic imine (C=N–C) groups is 1. The van der Waals surface area contributed by atoms with Crippen molar-refractivity contribution in [1.29, 1.82) is 0 Å². The SMILES string of the molecule is C=Nc1c(N)nc(OCCCC)nc1NCc1cccc(CP(C)O)c1.CO. The molecule has 9 heteroatoms. The number of nitrogen functional groups attached to an aromatic ring is 1. The van der Waals surface area contributed by atoms with E-state index in [2.05, 4.69) is 40.0 Å². The first-order valence-electron chi connectivity index (χ1n) is 8.97. The summed E-state index contributed by atoms with van der Waals surface area (Å²) in [5.74, 6) is 0.721. The van der Waals surface area contributed by atoms with Gasteiger partial charge in [-0.05, 0) is 30.9 Å². The van der Waals surface area contributed by atoms with Crippen molar-refractivity contribution in [1.82, 2.24) is 9.97 Å². The van der Waals surface area contributed by atoms with Gasteiger partial charge in [0.05, 0.1) is 6.61 Å². The van der Waals surface area contributed by atoms with Crippen molar-refractivity contribution in [2.45, 2.75) is 32.5 Å². The highest BCUT2D eigenvalue weighted by Gasteiger charge is 2.12. The molecule has 0 aliphatic heterocycles. The quantitative estimate of drug-likeness (QED) is 0.270. The zero-order chi connectivity index (χ0) is 20.9. The Morgan fingerprint density at radius 3 is 2.64 bits per heavy atom. The summed E-state index contributed by atoms with van der Waals surface area (Å²) < 4.78 is 5.55. The molecule has 1 aromatic carbocycles. The van der Waals surface area contributed by atoms with Crippen LogP contribution in [0.3, 0.4) is 0 Å². The van der Waals surface area contributed by atoms with E-state index in [0.717, 1.165) is 31.1 Å². The highest BCUT2D eigenvalue weighted by Crippen LogP contribution is 2.31. The van der Waals surface area contributed by atoms with Gasteiger partial charge in [-0.3, -0.25) is 4.99 Å². The predicted octanol–water partition coefficient (Wildman–Crippen LogP) is 3.31. The van der Waals surface area contributed by atoms with Crippen LogP contribution in [0.1, 0.15) is 30.9 Å². The second-order valence-corrected chi connectivity index (χ2v) is 7.57. The summed E-state index contributed by atoms with van der Waals surface area (Å²) in [6, 6.07) is 8.29. The van der Waals surface area contributed by atoms with E-state index in [9.17, 15) is 4.89 Å². The topological polar surface area (TPSA) is 126 Å². The number of nitrogens with zero attached hydrogens (tertiary/aromatic N) is 3. The summed E-state index contributed by atoms with van der Waals surface area (Å²) in [5, 5.41) is 10.2. The number of hydrogen-bond donors (Lipinski definition) is 4. The first-order valence-corrected chi connectivity index (χ1v) is 10.9. The number of nitrogens with one attached hydrogen (secondary N) is 1. The van der Waals surface area contributed by atoms with Gasteiger partial charge < -0.3 is 25.8 Å². The van der Waals surface area contributed by atoms with E-state index in [-0.39, 0.29) is 11.8 Å². The molecule has 0 spiro atoms. The molecular weight excluding hydrogens is 377 g/mol. The molecule has 154 valence electrons. The second-order valence-electron chi connectivity index (χ2n) is 5.94. The van der Waals surface area contributed by atoms with Gasteiger partial charge in [0, 0.05) is 28.0 Å². The zero-order valence-corrected chi connectivity index (χ0v) is 17.6. The third-order valence-electron chi connectivity index (χ3n) is 3.64. The molecule has 1 heterocycles. The van der Waals surface area contributed by atoms with Crippen LogP contribution in [0.15, 0.2) is 29.3 Å². The van der Waals surface area contributed by atoms with Gasteiger partial charge in [-0.2, -0.15) is 9.97 Å². The lowest BCUT2D eigenvalue weighted by Gasteiger charge is -2.13. The molecule has 0 bridgehead atoms. The number of nitrogens with two attached hydrogens (primary N) is 1. The molecule has 0 radical (unpaired) electrons.